The van der Waals surface area contributed by atoms with E-state index in [0.717, 1.165) is 18.3 Å². The lowest BCUT2D eigenvalue weighted by Gasteiger charge is -2.03. The highest BCUT2D eigenvalue weighted by molar-refractivity contribution is 5.93. The summed E-state index contributed by atoms with van der Waals surface area (Å²) in [6.45, 7) is 1.70. The van der Waals surface area contributed by atoms with Gasteiger partial charge in [0.05, 0.1) is 11.5 Å². The van der Waals surface area contributed by atoms with Crippen LogP contribution in [0.25, 0.3) is 0 Å². The molecule has 0 amide bonds. The number of nitro groups is 1. The Bertz CT molecular complexity index is 607. The number of nitrogens with zero attached hydrogens (tertiary/aromatic N) is 2. The maximum atomic E-state index is 13.3. The highest BCUT2D eigenvalue weighted by Crippen LogP contribution is 2.20. The zero-order chi connectivity index (χ0) is 15.1. The Kier molecular flexibility index (Phi) is 5.17. The van der Waals surface area contributed by atoms with Crippen LogP contribution in [-0.2, 0) is 9.53 Å². The van der Waals surface area contributed by atoms with Crippen LogP contribution in [0.4, 0.5) is 15.8 Å². The third kappa shape index (κ3) is 3.78. The average molecular weight is 279 g/mol. The van der Waals surface area contributed by atoms with Crippen LogP contribution in [0.5, 0.6) is 0 Å². The monoisotopic (exact) mass is 279 g/mol. The minimum Gasteiger partial charge on any atom is -0.462 e. The number of halogens is 1. The molecule has 0 heterocycles. The number of esters is 1. The lowest BCUT2D eigenvalue weighted by atomic mass is 10.2. The van der Waals surface area contributed by atoms with Crippen LogP contribution >= 0.6 is 0 Å². The van der Waals surface area contributed by atoms with Crippen molar-refractivity contribution in [3.8, 4) is 6.07 Å². The molecule has 20 heavy (non-hydrogen) atoms. The molecular weight excluding hydrogens is 269 g/mol. The minimum absolute atomic E-state index is 0.115. The zero-order valence-corrected chi connectivity index (χ0v) is 10.4. The largest absolute Gasteiger partial charge is 0.462 e. The van der Waals surface area contributed by atoms with E-state index in [1.807, 2.05) is 0 Å². The van der Waals surface area contributed by atoms with Crippen molar-refractivity contribution in [2.45, 2.75) is 6.92 Å². The first-order chi connectivity index (χ1) is 9.49. The van der Waals surface area contributed by atoms with E-state index in [9.17, 15) is 19.3 Å². The summed E-state index contributed by atoms with van der Waals surface area (Å²) in [4.78, 5) is 20.9. The number of carbonyl (C=O) groups excluding carboxylic acids is 1. The zero-order valence-electron chi connectivity index (χ0n) is 10.4. The van der Waals surface area contributed by atoms with Crippen molar-refractivity contribution in [3.63, 3.8) is 0 Å². The topological polar surface area (TPSA) is 105 Å². The fourth-order valence-corrected chi connectivity index (χ4v) is 1.25. The normalized spacial score (nSPS) is 10.6. The van der Waals surface area contributed by atoms with Crippen molar-refractivity contribution in [2.75, 3.05) is 11.9 Å². The fourth-order valence-electron chi connectivity index (χ4n) is 1.25. The van der Waals surface area contributed by atoms with E-state index in [4.69, 9.17) is 5.26 Å². The Balaban J connectivity index is 2.89. The highest BCUT2D eigenvalue weighted by Gasteiger charge is 2.14. The third-order valence-electron chi connectivity index (χ3n) is 2.14. The van der Waals surface area contributed by atoms with Gasteiger partial charge in [0.25, 0.3) is 0 Å². The van der Waals surface area contributed by atoms with Crippen LogP contribution in [0, 0.1) is 27.3 Å². The molecule has 0 saturated carbocycles. The lowest BCUT2D eigenvalue weighted by molar-refractivity contribution is -0.387. The van der Waals surface area contributed by atoms with Gasteiger partial charge in [0, 0.05) is 24.0 Å². The van der Waals surface area contributed by atoms with E-state index in [1.165, 1.54) is 6.07 Å². The van der Waals surface area contributed by atoms with Gasteiger partial charge in [-0.3, -0.25) is 10.1 Å². The van der Waals surface area contributed by atoms with Gasteiger partial charge in [-0.2, -0.15) is 9.65 Å². The standard InChI is InChI=1S/C12H10FN3O4/c1-2-20-12(17)8(6-14)7-15-9-3-4-11(16(18)19)10(13)5-9/h3-5,7,15H,2H2,1H3/b8-7+. The van der Waals surface area contributed by atoms with E-state index in [0.29, 0.717) is 0 Å². The van der Waals surface area contributed by atoms with Crippen LogP contribution in [-0.4, -0.2) is 17.5 Å². The molecule has 0 aromatic heterocycles. The highest BCUT2D eigenvalue weighted by atomic mass is 19.1. The third-order valence-corrected chi connectivity index (χ3v) is 2.14. The SMILES string of the molecule is CCOC(=O)/C(C#N)=C/Nc1ccc([N+](=O)[O-])c(F)c1. The van der Waals surface area contributed by atoms with Crippen LogP contribution in [0.15, 0.2) is 30.0 Å². The maximum absolute atomic E-state index is 13.3. The first-order valence-corrected chi connectivity index (χ1v) is 5.47. The molecule has 1 aromatic rings. The van der Waals surface area contributed by atoms with Gasteiger partial charge in [0.1, 0.15) is 6.07 Å². The second-order valence-electron chi connectivity index (χ2n) is 3.46. The molecule has 0 fully saturated rings. The van der Waals surface area contributed by atoms with Crippen LogP contribution in [0.1, 0.15) is 6.92 Å². The summed E-state index contributed by atoms with van der Waals surface area (Å²) in [6, 6.07) is 4.73. The first-order valence-electron chi connectivity index (χ1n) is 5.47. The molecule has 0 unspecified atom stereocenters. The Morgan fingerprint density at radius 2 is 2.35 bits per heavy atom. The number of nitro benzene ring substituents is 1. The molecule has 8 heteroatoms. The molecule has 0 aliphatic carbocycles. The van der Waals surface area contributed by atoms with Crippen LogP contribution in [0.3, 0.4) is 0 Å². The van der Waals surface area contributed by atoms with Crippen molar-refractivity contribution in [2.24, 2.45) is 0 Å². The van der Waals surface area contributed by atoms with Gasteiger partial charge in [-0.15, -0.1) is 0 Å². The second kappa shape index (κ2) is 6.84. The minimum atomic E-state index is -1.02. The molecule has 1 N–H and O–H groups in total. The molecule has 0 spiro atoms. The first kappa shape index (κ1) is 15.1. The molecule has 0 bridgehead atoms. The number of hydrogen-bond acceptors (Lipinski definition) is 6. The molecule has 0 aliphatic rings. The summed E-state index contributed by atoms with van der Waals surface area (Å²) in [6.07, 6.45) is 1.04. The summed E-state index contributed by atoms with van der Waals surface area (Å²) in [5.74, 6) is -1.84. The molecule has 0 saturated heterocycles. The maximum Gasteiger partial charge on any atom is 0.350 e. The molecule has 1 aromatic carbocycles. The molecule has 0 radical (unpaired) electrons. The van der Waals surface area contributed by atoms with Gasteiger partial charge >= 0.3 is 11.7 Å². The van der Waals surface area contributed by atoms with E-state index < -0.39 is 22.4 Å². The van der Waals surface area contributed by atoms with Crippen LogP contribution in [0.2, 0.25) is 0 Å². The molecule has 104 valence electrons. The van der Waals surface area contributed by atoms with Gasteiger partial charge in [-0.25, -0.2) is 4.79 Å². The van der Waals surface area contributed by atoms with Crippen molar-refractivity contribution < 1.29 is 18.8 Å². The number of anilines is 1. The molecule has 1 rings (SSSR count). The number of nitriles is 1. The summed E-state index contributed by atoms with van der Waals surface area (Å²) < 4.78 is 18.0. The van der Waals surface area contributed by atoms with Crippen molar-refractivity contribution in [1.82, 2.24) is 0 Å². The van der Waals surface area contributed by atoms with Crippen molar-refractivity contribution >= 4 is 17.3 Å². The molecule has 0 atom stereocenters. The number of hydrogen-bond donors (Lipinski definition) is 1. The fraction of sp³-hybridized carbons (Fsp3) is 0.167. The van der Waals surface area contributed by atoms with Gasteiger partial charge in [-0.1, -0.05) is 0 Å². The smallest absolute Gasteiger partial charge is 0.350 e. The Hall–Kier alpha value is -2.95. The summed E-state index contributed by atoms with van der Waals surface area (Å²) in [7, 11) is 0. The van der Waals surface area contributed by atoms with Gasteiger partial charge in [0.2, 0.25) is 5.82 Å². The van der Waals surface area contributed by atoms with Crippen molar-refractivity contribution in [1.29, 1.82) is 5.26 Å². The quantitative estimate of drug-likeness (QED) is 0.291. The number of benzene rings is 1. The Labute approximate surface area is 113 Å². The second-order valence-corrected chi connectivity index (χ2v) is 3.46. The van der Waals surface area contributed by atoms with E-state index >= 15 is 0 Å². The number of carbonyl (C=O) groups is 1. The number of rotatable bonds is 5. The molecule has 7 nitrogen and oxygen atoms in total. The van der Waals surface area contributed by atoms with E-state index in [-0.39, 0.29) is 17.9 Å². The Morgan fingerprint density at radius 1 is 1.65 bits per heavy atom. The van der Waals surface area contributed by atoms with E-state index in [1.54, 1.807) is 13.0 Å². The predicted octanol–water partition coefficient (Wildman–Crippen LogP) is 2.12. The summed E-state index contributed by atoms with van der Waals surface area (Å²) >= 11 is 0. The number of nitrogens with one attached hydrogen (secondary N) is 1. The van der Waals surface area contributed by atoms with Gasteiger partial charge < -0.3 is 10.1 Å². The molecule has 0 aliphatic heterocycles. The average Bonchev–Trinajstić information content (AvgIpc) is 2.39. The number of ether oxygens (including phenoxy) is 1. The van der Waals surface area contributed by atoms with Crippen LogP contribution < -0.4 is 5.32 Å². The van der Waals surface area contributed by atoms with E-state index in [2.05, 4.69) is 10.1 Å². The predicted molar refractivity (Wildman–Crippen MR) is 67.0 cm³/mol. The van der Waals surface area contributed by atoms with Crippen molar-refractivity contribution in [3.05, 3.63) is 45.9 Å². The summed E-state index contributed by atoms with van der Waals surface area (Å²) in [5.41, 5.74) is -0.804. The lowest BCUT2D eigenvalue weighted by Crippen LogP contribution is -2.08. The Morgan fingerprint density at radius 3 is 2.85 bits per heavy atom. The van der Waals surface area contributed by atoms with Gasteiger partial charge in [0.15, 0.2) is 5.57 Å². The molecular formula is C12H10FN3O4. The summed E-state index contributed by atoms with van der Waals surface area (Å²) in [5, 5.41) is 21.7. The van der Waals surface area contributed by atoms with Gasteiger partial charge in [-0.05, 0) is 13.0 Å².